The summed E-state index contributed by atoms with van der Waals surface area (Å²) in [5.41, 5.74) is 5.90. The molecule has 0 aromatic heterocycles. The normalized spacial score (nSPS) is 16.0. The van der Waals surface area contributed by atoms with Crippen molar-refractivity contribution in [2.45, 2.75) is 25.3 Å². The molecular formula is C12H13N3O3. The maximum absolute atomic E-state index is 10.8. The van der Waals surface area contributed by atoms with Crippen LogP contribution in [0.15, 0.2) is 12.1 Å². The number of nitriles is 1. The van der Waals surface area contributed by atoms with Crippen LogP contribution in [-0.2, 0) is 0 Å². The average Bonchev–Trinajstić information content (AvgIpc) is 3.12. The third kappa shape index (κ3) is 2.41. The van der Waals surface area contributed by atoms with Gasteiger partial charge in [0.2, 0.25) is 0 Å². The maximum atomic E-state index is 10.8. The molecule has 0 radical (unpaired) electrons. The van der Waals surface area contributed by atoms with Crippen molar-refractivity contribution in [1.82, 2.24) is 0 Å². The summed E-state index contributed by atoms with van der Waals surface area (Å²) in [5, 5.41) is 29.5. The van der Waals surface area contributed by atoms with E-state index in [4.69, 9.17) is 11.0 Å². The summed E-state index contributed by atoms with van der Waals surface area (Å²) in [5.74, 6) is 0.108. The van der Waals surface area contributed by atoms with E-state index in [9.17, 15) is 15.2 Å². The molecule has 6 nitrogen and oxygen atoms in total. The van der Waals surface area contributed by atoms with Crippen molar-refractivity contribution in [3.8, 4) is 11.8 Å². The van der Waals surface area contributed by atoms with Gasteiger partial charge in [-0.3, -0.25) is 10.1 Å². The van der Waals surface area contributed by atoms with Crippen molar-refractivity contribution in [2.75, 3.05) is 0 Å². The predicted molar refractivity (Wildman–Crippen MR) is 63.7 cm³/mol. The van der Waals surface area contributed by atoms with E-state index in [1.807, 2.05) is 6.07 Å². The third-order valence-electron chi connectivity index (χ3n) is 3.13. The highest BCUT2D eigenvalue weighted by Crippen LogP contribution is 2.41. The fourth-order valence-corrected chi connectivity index (χ4v) is 1.97. The van der Waals surface area contributed by atoms with E-state index in [0.717, 1.165) is 18.9 Å². The molecule has 1 atom stereocenters. The molecule has 1 fully saturated rings. The van der Waals surface area contributed by atoms with E-state index in [1.54, 1.807) is 0 Å². The van der Waals surface area contributed by atoms with Gasteiger partial charge in [0, 0.05) is 17.7 Å². The molecule has 18 heavy (non-hydrogen) atoms. The second-order valence-electron chi connectivity index (χ2n) is 4.59. The van der Waals surface area contributed by atoms with Crippen LogP contribution < -0.4 is 5.73 Å². The Morgan fingerprint density at radius 2 is 2.28 bits per heavy atom. The second-order valence-corrected chi connectivity index (χ2v) is 4.59. The number of hydrogen-bond acceptors (Lipinski definition) is 5. The Hall–Kier alpha value is -2.13. The minimum atomic E-state index is -0.705. The van der Waals surface area contributed by atoms with E-state index in [1.165, 1.54) is 6.07 Å². The monoisotopic (exact) mass is 247 g/mol. The minimum absolute atomic E-state index is 0.140. The highest BCUT2D eigenvalue weighted by atomic mass is 16.6. The van der Waals surface area contributed by atoms with Gasteiger partial charge in [0.25, 0.3) is 0 Å². The highest BCUT2D eigenvalue weighted by molar-refractivity contribution is 5.56. The van der Waals surface area contributed by atoms with Crippen LogP contribution in [0.1, 0.15) is 36.4 Å². The number of hydrogen-bond donors (Lipinski definition) is 2. The van der Waals surface area contributed by atoms with Gasteiger partial charge in [-0.25, -0.2) is 0 Å². The fraction of sp³-hybridized carbons (Fsp3) is 0.417. The van der Waals surface area contributed by atoms with Crippen molar-refractivity contribution in [3.05, 3.63) is 33.4 Å². The largest absolute Gasteiger partial charge is 0.502 e. The molecule has 6 heteroatoms. The van der Waals surface area contributed by atoms with Crippen LogP contribution in [0.5, 0.6) is 5.75 Å². The van der Waals surface area contributed by atoms with Crippen molar-refractivity contribution in [3.63, 3.8) is 0 Å². The summed E-state index contributed by atoms with van der Waals surface area (Å²) < 4.78 is 0. The van der Waals surface area contributed by atoms with Gasteiger partial charge in [0.15, 0.2) is 5.75 Å². The number of aromatic hydroxyl groups is 1. The van der Waals surface area contributed by atoms with Crippen molar-refractivity contribution >= 4 is 5.69 Å². The van der Waals surface area contributed by atoms with Crippen LogP contribution in [0.3, 0.4) is 0 Å². The molecule has 1 aliphatic carbocycles. The molecule has 1 aliphatic rings. The van der Waals surface area contributed by atoms with Crippen LogP contribution in [0.4, 0.5) is 5.69 Å². The average molecular weight is 247 g/mol. The molecule has 0 unspecified atom stereocenters. The smallest absolute Gasteiger partial charge is 0.312 e. The van der Waals surface area contributed by atoms with Crippen LogP contribution in [0.25, 0.3) is 0 Å². The summed E-state index contributed by atoms with van der Waals surface area (Å²) in [4.78, 5) is 10.1. The lowest BCUT2D eigenvalue weighted by Gasteiger charge is -2.13. The zero-order valence-electron chi connectivity index (χ0n) is 9.67. The number of nitro groups is 1. The summed E-state index contributed by atoms with van der Waals surface area (Å²) in [7, 11) is 0. The Balaban J connectivity index is 2.41. The van der Waals surface area contributed by atoms with Crippen LogP contribution in [0.2, 0.25) is 0 Å². The second kappa shape index (κ2) is 4.63. The van der Waals surface area contributed by atoms with Gasteiger partial charge in [-0.15, -0.1) is 0 Å². The van der Waals surface area contributed by atoms with Gasteiger partial charge in [0.1, 0.15) is 0 Å². The SMILES string of the molecule is N#Cc1cc([C@@H](N)CC2CC2)c(O)c([N+](=O)[O-])c1. The fourth-order valence-electron chi connectivity index (χ4n) is 1.97. The van der Waals surface area contributed by atoms with Gasteiger partial charge in [-0.2, -0.15) is 5.26 Å². The first-order chi connectivity index (χ1) is 8.52. The minimum Gasteiger partial charge on any atom is -0.502 e. The number of nitrogens with two attached hydrogens (primary N) is 1. The Morgan fingerprint density at radius 3 is 2.78 bits per heavy atom. The molecule has 1 aromatic carbocycles. The molecule has 0 heterocycles. The predicted octanol–water partition coefficient (Wildman–Crippen LogP) is 1.97. The summed E-state index contributed by atoms with van der Waals surface area (Å²) in [6, 6.07) is 3.86. The number of phenolic OH excluding ortho intramolecular Hbond substituents is 1. The zero-order chi connectivity index (χ0) is 13.3. The van der Waals surface area contributed by atoms with Crippen LogP contribution >= 0.6 is 0 Å². The Morgan fingerprint density at radius 1 is 1.61 bits per heavy atom. The third-order valence-corrected chi connectivity index (χ3v) is 3.13. The van der Waals surface area contributed by atoms with Crippen molar-refractivity contribution in [1.29, 1.82) is 5.26 Å². The van der Waals surface area contributed by atoms with E-state index in [2.05, 4.69) is 0 Å². The maximum Gasteiger partial charge on any atom is 0.312 e. The van der Waals surface area contributed by atoms with E-state index in [0.29, 0.717) is 12.3 Å². The molecule has 1 saturated carbocycles. The lowest BCUT2D eigenvalue weighted by Crippen LogP contribution is -2.12. The summed E-state index contributed by atoms with van der Waals surface area (Å²) >= 11 is 0. The molecule has 94 valence electrons. The van der Waals surface area contributed by atoms with E-state index >= 15 is 0 Å². The Bertz CT molecular complexity index is 532. The van der Waals surface area contributed by atoms with Gasteiger partial charge < -0.3 is 10.8 Å². The van der Waals surface area contributed by atoms with Crippen LogP contribution in [0, 0.1) is 27.4 Å². The molecule has 0 amide bonds. The molecule has 0 saturated heterocycles. The van der Waals surface area contributed by atoms with E-state index in [-0.39, 0.29) is 11.1 Å². The van der Waals surface area contributed by atoms with Gasteiger partial charge in [-0.05, 0) is 18.4 Å². The van der Waals surface area contributed by atoms with Gasteiger partial charge in [-0.1, -0.05) is 12.8 Å². The topological polar surface area (TPSA) is 113 Å². The van der Waals surface area contributed by atoms with Gasteiger partial charge >= 0.3 is 5.69 Å². The van der Waals surface area contributed by atoms with E-state index < -0.39 is 22.4 Å². The lowest BCUT2D eigenvalue weighted by molar-refractivity contribution is -0.386. The summed E-state index contributed by atoms with van der Waals surface area (Å²) in [6.45, 7) is 0. The zero-order valence-corrected chi connectivity index (χ0v) is 9.67. The van der Waals surface area contributed by atoms with Crippen molar-refractivity contribution in [2.24, 2.45) is 11.7 Å². The van der Waals surface area contributed by atoms with Crippen molar-refractivity contribution < 1.29 is 10.0 Å². The Labute approximate surface area is 104 Å². The molecule has 2 rings (SSSR count). The molecular weight excluding hydrogens is 234 g/mol. The molecule has 3 N–H and O–H groups in total. The van der Waals surface area contributed by atoms with Gasteiger partial charge in [0.05, 0.1) is 16.6 Å². The number of benzene rings is 1. The molecule has 0 aliphatic heterocycles. The molecule has 0 spiro atoms. The number of nitro benzene ring substituents is 1. The first-order valence-corrected chi connectivity index (χ1v) is 5.70. The number of phenols is 1. The number of rotatable bonds is 4. The quantitative estimate of drug-likeness (QED) is 0.623. The van der Waals surface area contributed by atoms with Crippen LogP contribution in [-0.4, -0.2) is 10.0 Å². The molecule has 1 aromatic rings. The lowest BCUT2D eigenvalue weighted by atomic mass is 9.98. The first-order valence-electron chi connectivity index (χ1n) is 5.70. The summed E-state index contributed by atoms with van der Waals surface area (Å²) in [6.07, 6.45) is 2.89. The standard InChI is InChI=1S/C12H13N3O3/c13-6-8-3-9(10(14)4-7-1-2-7)12(16)11(5-8)15(17)18/h3,5,7,10,16H,1-2,4,14H2/t10-/m0/s1. The number of nitrogens with zero attached hydrogens (tertiary/aromatic N) is 2. The first kappa shape index (κ1) is 12.3. The highest BCUT2D eigenvalue weighted by Gasteiger charge is 2.28. The Kier molecular flexibility index (Phi) is 3.17. The molecule has 0 bridgehead atoms.